The molecule has 1 aliphatic carbocycles. The molecule has 8 heteroatoms. The fourth-order valence-corrected chi connectivity index (χ4v) is 4.14. The van der Waals surface area contributed by atoms with Crippen LogP contribution in [0.5, 0.6) is 0 Å². The van der Waals surface area contributed by atoms with Gasteiger partial charge in [-0.3, -0.25) is 19.0 Å². The SMILES string of the molecule is CC1CCC(N(C)C(=O)COC(=O)CCn2cnc3sccc3c2=O)CC1. The number of aromatic nitrogens is 2. The molecule has 1 fully saturated rings. The Morgan fingerprint density at radius 3 is 2.81 bits per heavy atom. The first-order chi connectivity index (χ1) is 13.0. The molecular formula is C19H25N3O4S. The molecule has 2 aromatic heterocycles. The molecule has 0 saturated heterocycles. The Kier molecular flexibility index (Phi) is 6.26. The smallest absolute Gasteiger partial charge is 0.308 e. The number of esters is 1. The summed E-state index contributed by atoms with van der Waals surface area (Å²) in [6.45, 7) is 2.16. The van der Waals surface area contributed by atoms with Crippen molar-refractivity contribution in [1.29, 1.82) is 0 Å². The van der Waals surface area contributed by atoms with Gasteiger partial charge < -0.3 is 9.64 Å². The largest absolute Gasteiger partial charge is 0.456 e. The van der Waals surface area contributed by atoms with E-state index in [0.29, 0.717) is 16.1 Å². The molecule has 1 amide bonds. The number of rotatable bonds is 6. The van der Waals surface area contributed by atoms with Gasteiger partial charge in [0, 0.05) is 19.6 Å². The molecule has 2 aromatic rings. The average molecular weight is 391 g/mol. The van der Waals surface area contributed by atoms with E-state index in [-0.39, 0.29) is 37.1 Å². The zero-order chi connectivity index (χ0) is 19.4. The van der Waals surface area contributed by atoms with Gasteiger partial charge in [0.1, 0.15) is 4.83 Å². The Morgan fingerprint density at radius 1 is 1.33 bits per heavy atom. The lowest BCUT2D eigenvalue weighted by molar-refractivity contribution is -0.152. The van der Waals surface area contributed by atoms with Crippen molar-refractivity contribution in [3.63, 3.8) is 0 Å². The summed E-state index contributed by atoms with van der Waals surface area (Å²) in [6, 6.07) is 1.96. The van der Waals surface area contributed by atoms with Crippen molar-refractivity contribution in [1.82, 2.24) is 14.5 Å². The molecule has 0 radical (unpaired) electrons. The number of aryl methyl sites for hydroxylation is 1. The number of carbonyl (C=O) groups excluding carboxylic acids is 2. The second-order valence-electron chi connectivity index (χ2n) is 7.21. The standard InChI is InChI=1S/C19H25N3O4S/c1-13-3-5-14(6-4-13)21(2)16(23)11-26-17(24)7-9-22-12-20-18-15(19(22)25)8-10-27-18/h8,10,12-14H,3-7,9,11H2,1-2H3. The maximum Gasteiger partial charge on any atom is 0.308 e. The summed E-state index contributed by atoms with van der Waals surface area (Å²) in [7, 11) is 1.78. The van der Waals surface area contributed by atoms with Crippen molar-refractivity contribution in [2.75, 3.05) is 13.7 Å². The topological polar surface area (TPSA) is 81.5 Å². The Bertz CT molecular complexity index is 867. The number of ether oxygens (including phenoxy) is 1. The summed E-state index contributed by atoms with van der Waals surface area (Å²) in [5.74, 6) is 0.0431. The summed E-state index contributed by atoms with van der Waals surface area (Å²) in [5, 5.41) is 2.36. The van der Waals surface area contributed by atoms with Gasteiger partial charge in [0.2, 0.25) is 0 Å². The van der Waals surface area contributed by atoms with Gasteiger partial charge >= 0.3 is 5.97 Å². The van der Waals surface area contributed by atoms with Crippen molar-refractivity contribution >= 4 is 33.4 Å². The molecule has 146 valence electrons. The highest BCUT2D eigenvalue weighted by atomic mass is 32.1. The molecule has 3 rings (SSSR count). The predicted octanol–water partition coefficient (Wildman–Crippen LogP) is 2.43. The van der Waals surface area contributed by atoms with Gasteiger partial charge in [0.15, 0.2) is 6.61 Å². The summed E-state index contributed by atoms with van der Waals surface area (Å²) >= 11 is 1.40. The Morgan fingerprint density at radius 2 is 2.07 bits per heavy atom. The quantitative estimate of drug-likeness (QED) is 0.707. The summed E-state index contributed by atoms with van der Waals surface area (Å²) in [4.78, 5) is 43.1. The maximum absolute atomic E-state index is 12.3. The van der Waals surface area contributed by atoms with Crippen molar-refractivity contribution < 1.29 is 14.3 Å². The van der Waals surface area contributed by atoms with E-state index in [4.69, 9.17) is 4.74 Å². The maximum atomic E-state index is 12.3. The zero-order valence-corrected chi connectivity index (χ0v) is 16.5. The van der Waals surface area contributed by atoms with Crippen molar-refractivity contribution in [3.8, 4) is 0 Å². The second-order valence-corrected chi connectivity index (χ2v) is 8.11. The number of thiophene rings is 1. The summed E-state index contributed by atoms with van der Waals surface area (Å²) in [5.41, 5.74) is -0.170. The molecule has 27 heavy (non-hydrogen) atoms. The third-order valence-corrected chi connectivity index (χ3v) is 6.11. The summed E-state index contributed by atoms with van der Waals surface area (Å²) in [6.07, 6.45) is 5.71. The molecule has 0 aliphatic heterocycles. The van der Waals surface area contributed by atoms with E-state index in [1.165, 1.54) is 22.2 Å². The number of likely N-dealkylation sites (N-methyl/N-ethyl adjacent to an activating group) is 1. The van der Waals surface area contributed by atoms with Gasteiger partial charge in [0.25, 0.3) is 11.5 Å². The first-order valence-corrected chi connectivity index (χ1v) is 10.2. The lowest BCUT2D eigenvalue weighted by Gasteiger charge is -2.33. The van der Waals surface area contributed by atoms with E-state index in [0.717, 1.165) is 25.7 Å². The zero-order valence-electron chi connectivity index (χ0n) is 15.7. The molecule has 1 aliphatic rings. The fraction of sp³-hybridized carbons (Fsp3) is 0.579. The van der Waals surface area contributed by atoms with Crippen LogP contribution in [0.1, 0.15) is 39.0 Å². The minimum absolute atomic E-state index is 0.0230. The monoisotopic (exact) mass is 391 g/mol. The van der Waals surface area contributed by atoms with Gasteiger partial charge in [-0.25, -0.2) is 4.98 Å². The number of nitrogens with zero attached hydrogens (tertiary/aromatic N) is 3. The highest BCUT2D eigenvalue weighted by molar-refractivity contribution is 7.16. The Hall–Kier alpha value is -2.22. The lowest BCUT2D eigenvalue weighted by atomic mass is 9.87. The third-order valence-electron chi connectivity index (χ3n) is 5.29. The van der Waals surface area contributed by atoms with E-state index in [1.807, 2.05) is 5.38 Å². The third kappa shape index (κ3) is 4.74. The number of hydrogen-bond donors (Lipinski definition) is 0. The van der Waals surface area contributed by atoms with Gasteiger partial charge in [-0.05, 0) is 43.0 Å². The van der Waals surface area contributed by atoms with E-state index in [9.17, 15) is 14.4 Å². The van der Waals surface area contributed by atoms with Crippen molar-refractivity contribution in [2.45, 2.75) is 51.6 Å². The number of fused-ring (bicyclic) bond motifs is 1. The average Bonchev–Trinajstić information content (AvgIpc) is 3.15. The molecule has 1 saturated carbocycles. The molecular weight excluding hydrogens is 366 g/mol. The van der Waals surface area contributed by atoms with E-state index < -0.39 is 5.97 Å². The van der Waals surface area contributed by atoms with Crippen molar-refractivity contribution in [3.05, 3.63) is 28.1 Å². The number of amides is 1. The Labute approximate surface area is 161 Å². The molecule has 0 atom stereocenters. The molecule has 7 nitrogen and oxygen atoms in total. The van der Waals surface area contributed by atoms with Crippen LogP contribution in [0.25, 0.3) is 10.2 Å². The highest BCUT2D eigenvalue weighted by Gasteiger charge is 2.25. The highest BCUT2D eigenvalue weighted by Crippen LogP contribution is 2.26. The van der Waals surface area contributed by atoms with Crippen LogP contribution >= 0.6 is 11.3 Å². The van der Waals surface area contributed by atoms with Crippen molar-refractivity contribution in [2.24, 2.45) is 5.92 Å². The van der Waals surface area contributed by atoms with Crippen LogP contribution < -0.4 is 5.56 Å². The number of hydrogen-bond acceptors (Lipinski definition) is 6. The van der Waals surface area contributed by atoms with Gasteiger partial charge in [0.05, 0.1) is 18.1 Å². The normalized spacial score (nSPS) is 19.8. The van der Waals surface area contributed by atoms with Crippen LogP contribution in [0.15, 0.2) is 22.6 Å². The predicted molar refractivity (Wildman–Crippen MR) is 104 cm³/mol. The fourth-order valence-electron chi connectivity index (χ4n) is 3.41. The van der Waals surface area contributed by atoms with Crippen LogP contribution in [0.4, 0.5) is 0 Å². The van der Waals surface area contributed by atoms with Crippen LogP contribution in [0.3, 0.4) is 0 Å². The van der Waals surface area contributed by atoms with Crippen LogP contribution in [0.2, 0.25) is 0 Å². The van der Waals surface area contributed by atoms with Crippen LogP contribution in [0, 0.1) is 5.92 Å². The minimum Gasteiger partial charge on any atom is -0.456 e. The molecule has 0 N–H and O–H groups in total. The number of carbonyl (C=O) groups is 2. The molecule has 0 spiro atoms. The van der Waals surface area contributed by atoms with E-state index >= 15 is 0 Å². The van der Waals surface area contributed by atoms with Gasteiger partial charge in [-0.15, -0.1) is 11.3 Å². The van der Waals surface area contributed by atoms with E-state index in [2.05, 4.69) is 11.9 Å². The van der Waals surface area contributed by atoms with Crippen LogP contribution in [-0.4, -0.2) is 46.0 Å². The molecule has 0 bridgehead atoms. The Balaban J connectivity index is 1.45. The minimum atomic E-state index is -0.494. The lowest BCUT2D eigenvalue weighted by Crippen LogP contribution is -2.41. The molecule has 0 aromatic carbocycles. The molecule has 2 heterocycles. The van der Waals surface area contributed by atoms with Gasteiger partial charge in [-0.1, -0.05) is 6.92 Å². The van der Waals surface area contributed by atoms with Gasteiger partial charge in [-0.2, -0.15) is 0 Å². The first-order valence-electron chi connectivity index (χ1n) is 9.29. The van der Waals surface area contributed by atoms with E-state index in [1.54, 1.807) is 18.0 Å². The van der Waals surface area contributed by atoms with Crippen LogP contribution in [-0.2, 0) is 20.9 Å². The second kappa shape index (κ2) is 8.65. The summed E-state index contributed by atoms with van der Waals surface area (Å²) < 4.78 is 6.50. The molecule has 0 unspecified atom stereocenters. The first kappa shape index (κ1) is 19.5.